The van der Waals surface area contributed by atoms with Crippen molar-refractivity contribution in [3.05, 3.63) is 24.4 Å². The Balaban J connectivity index is 2.09. The monoisotopic (exact) mass is 283 g/mol. The first-order valence-electron chi connectivity index (χ1n) is 6.02. The van der Waals surface area contributed by atoms with Crippen LogP contribution in [-0.2, 0) is 14.8 Å². The van der Waals surface area contributed by atoms with E-state index in [-0.39, 0.29) is 18.5 Å². The van der Waals surface area contributed by atoms with Crippen LogP contribution in [0.5, 0.6) is 0 Å². The van der Waals surface area contributed by atoms with E-state index in [0.29, 0.717) is 11.2 Å². The van der Waals surface area contributed by atoms with Crippen molar-refractivity contribution in [3.8, 4) is 0 Å². The molecule has 2 N–H and O–H groups in total. The number of rotatable bonds is 6. The second-order valence-electron chi connectivity index (χ2n) is 4.48. The molecule has 1 aromatic carbocycles. The van der Waals surface area contributed by atoms with E-state index >= 15 is 0 Å². The van der Waals surface area contributed by atoms with E-state index in [0.717, 1.165) is 5.39 Å². The van der Waals surface area contributed by atoms with Gasteiger partial charge in [0.15, 0.2) is 0 Å². The fourth-order valence-corrected chi connectivity index (χ4v) is 2.59. The van der Waals surface area contributed by atoms with Crippen LogP contribution in [0.2, 0.25) is 0 Å². The fraction of sp³-hybridized carbons (Fsp3) is 0.417. The molecule has 104 valence electrons. The van der Waals surface area contributed by atoms with Gasteiger partial charge in [0, 0.05) is 5.39 Å². The van der Waals surface area contributed by atoms with E-state index in [2.05, 4.69) is 14.9 Å². The smallest absolute Gasteiger partial charge is 0.235 e. The van der Waals surface area contributed by atoms with E-state index < -0.39 is 10.0 Å². The Morgan fingerprint density at radius 2 is 2.21 bits per heavy atom. The van der Waals surface area contributed by atoms with Crippen molar-refractivity contribution in [3.63, 3.8) is 0 Å². The van der Waals surface area contributed by atoms with Gasteiger partial charge in [-0.05, 0) is 19.9 Å². The van der Waals surface area contributed by atoms with Gasteiger partial charge in [0.05, 0.1) is 35.9 Å². The van der Waals surface area contributed by atoms with Gasteiger partial charge >= 0.3 is 0 Å². The number of aromatic nitrogens is 2. The van der Waals surface area contributed by atoms with Gasteiger partial charge in [-0.3, -0.25) is 9.82 Å². The molecule has 1 aromatic heterocycles. The molecule has 0 saturated carbocycles. The fourth-order valence-electron chi connectivity index (χ4n) is 1.67. The number of para-hydroxylation sites is 1. The van der Waals surface area contributed by atoms with Gasteiger partial charge in [-0.25, -0.2) is 8.42 Å². The number of hydrogen-bond acceptors (Lipinski definition) is 4. The molecule has 0 aliphatic carbocycles. The number of nitrogens with zero attached hydrogens (tertiary/aromatic N) is 1. The third kappa shape index (κ3) is 3.68. The third-order valence-corrected chi connectivity index (χ3v) is 3.78. The van der Waals surface area contributed by atoms with Gasteiger partial charge in [-0.2, -0.15) is 5.10 Å². The average Bonchev–Trinajstić information content (AvgIpc) is 2.76. The zero-order valence-corrected chi connectivity index (χ0v) is 11.7. The molecule has 0 fully saturated rings. The molecule has 0 saturated heterocycles. The minimum Gasteiger partial charge on any atom is -0.378 e. The van der Waals surface area contributed by atoms with E-state index in [1.807, 2.05) is 19.9 Å². The summed E-state index contributed by atoms with van der Waals surface area (Å²) in [5, 5.41) is 7.53. The number of anilines is 1. The predicted molar refractivity (Wildman–Crippen MR) is 74.6 cm³/mol. The quantitative estimate of drug-likeness (QED) is 0.845. The highest BCUT2D eigenvalue weighted by molar-refractivity contribution is 7.92. The summed E-state index contributed by atoms with van der Waals surface area (Å²) in [5.41, 5.74) is 1.18. The van der Waals surface area contributed by atoms with E-state index in [4.69, 9.17) is 4.74 Å². The first-order valence-corrected chi connectivity index (χ1v) is 7.67. The average molecular weight is 283 g/mol. The van der Waals surface area contributed by atoms with Crippen molar-refractivity contribution < 1.29 is 13.2 Å². The van der Waals surface area contributed by atoms with E-state index in [9.17, 15) is 8.42 Å². The molecule has 19 heavy (non-hydrogen) atoms. The molecular weight excluding hydrogens is 266 g/mol. The standard InChI is InChI=1S/C12H17N3O3S/c1-9(2)18-6-7-19(16,17)15-11-5-3-4-10-8-13-14-12(10)11/h3-5,8-9,15H,6-7H2,1-2H3,(H,13,14). The molecule has 0 unspecified atom stereocenters. The van der Waals surface area contributed by atoms with Crippen LogP contribution >= 0.6 is 0 Å². The lowest BCUT2D eigenvalue weighted by atomic mass is 10.2. The molecule has 0 spiro atoms. The molecule has 7 heteroatoms. The molecule has 0 atom stereocenters. The third-order valence-electron chi connectivity index (χ3n) is 2.55. The van der Waals surface area contributed by atoms with Crippen LogP contribution in [0.4, 0.5) is 5.69 Å². The summed E-state index contributed by atoms with van der Waals surface area (Å²) in [4.78, 5) is 0. The van der Waals surface area contributed by atoms with Crippen LogP contribution in [0.1, 0.15) is 13.8 Å². The highest BCUT2D eigenvalue weighted by atomic mass is 32.2. The number of ether oxygens (including phenoxy) is 1. The molecule has 0 amide bonds. The van der Waals surface area contributed by atoms with Gasteiger partial charge in [0.2, 0.25) is 10.0 Å². The van der Waals surface area contributed by atoms with Gasteiger partial charge < -0.3 is 4.74 Å². The number of nitrogens with one attached hydrogen (secondary N) is 2. The molecule has 0 aliphatic heterocycles. The minimum atomic E-state index is -3.42. The number of benzene rings is 1. The summed E-state index contributed by atoms with van der Waals surface area (Å²) < 4.78 is 31.6. The van der Waals surface area contributed by atoms with Crippen LogP contribution in [0.3, 0.4) is 0 Å². The normalized spacial score (nSPS) is 12.2. The van der Waals surface area contributed by atoms with Crippen LogP contribution in [0.25, 0.3) is 10.9 Å². The first-order chi connectivity index (χ1) is 8.98. The number of fused-ring (bicyclic) bond motifs is 1. The Labute approximate surface area is 112 Å². The highest BCUT2D eigenvalue weighted by Gasteiger charge is 2.13. The highest BCUT2D eigenvalue weighted by Crippen LogP contribution is 2.21. The molecule has 1 heterocycles. The predicted octanol–water partition coefficient (Wildman–Crippen LogP) is 1.73. The van der Waals surface area contributed by atoms with Crippen molar-refractivity contribution in [2.24, 2.45) is 0 Å². The van der Waals surface area contributed by atoms with Crippen LogP contribution < -0.4 is 4.72 Å². The molecule has 6 nitrogen and oxygen atoms in total. The molecule has 0 radical (unpaired) electrons. The Bertz CT molecular complexity index is 649. The summed E-state index contributed by atoms with van der Waals surface area (Å²) in [6.07, 6.45) is 1.67. The molecule has 2 aromatic rings. The van der Waals surface area contributed by atoms with Gasteiger partial charge in [0.1, 0.15) is 0 Å². The minimum absolute atomic E-state index is 0.0197. The maximum Gasteiger partial charge on any atom is 0.235 e. The van der Waals surface area contributed by atoms with Crippen molar-refractivity contribution in [2.45, 2.75) is 20.0 Å². The van der Waals surface area contributed by atoms with E-state index in [1.54, 1.807) is 18.3 Å². The lowest BCUT2D eigenvalue weighted by molar-refractivity contribution is 0.0913. The van der Waals surface area contributed by atoms with Gasteiger partial charge in [-0.1, -0.05) is 12.1 Å². The summed E-state index contributed by atoms with van der Waals surface area (Å²) >= 11 is 0. The zero-order chi connectivity index (χ0) is 13.9. The number of hydrogen-bond donors (Lipinski definition) is 2. The van der Waals surface area contributed by atoms with Crippen molar-refractivity contribution >= 4 is 26.6 Å². The Hall–Kier alpha value is -1.60. The second kappa shape index (κ2) is 5.58. The van der Waals surface area contributed by atoms with Crippen molar-refractivity contribution in [1.82, 2.24) is 10.2 Å². The SMILES string of the molecule is CC(C)OCCS(=O)(=O)Nc1cccc2cn[nH]c12. The Morgan fingerprint density at radius 1 is 1.42 bits per heavy atom. The zero-order valence-electron chi connectivity index (χ0n) is 10.9. The topological polar surface area (TPSA) is 84.1 Å². The summed E-state index contributed by atoms with van der Waals surface area (Å²) in [5.74, 6) is -0.0737. The molecule has 0 aliphatic rings. The Kier molecular flexibility index (Phi) is 4.06. The maximum atomic E-state index is 11.9. The number of H-pyrrole nitrogens is 1. The summed E-state index contributed by atoms with van der Waals surface area (Å²) in [7, 11) is -3.42. The van der Waals surface area contributed by atoms with Gasteiger partial charge in [-0.15, -0.1) is 0 Å². The van der Waals surface area contributed by atoms with Crippen molar-refractivity contribution in [1.29, 1.82) is 0 Å². The number of sulfonamides is 1. The van der Waals surface area contributed by atoms with Crippen LogP contribution in [0.15, 0.2) is 24.4 Å². The lowest BCUT2D eigenvalue weighted by Gasteiger charge is -2.10. The maximum absolute atomic E-state index is 11.9. The molecular formula is C12H17N3O3S. The summed E-state index contributed by atoms with van der Waals surface area (Å²) in [6.45, 7) is 3.91. The Morgan fingerprint density at radius 3 is 2.95 bits per heavy atom. The summed E-state index contributed by atoms with van der Waals surface area (Å²) in [6, 6.07) is 5.33. The van der Waals surface area contributed by atoms with Crippen LogP contribution in [0, 0.1) is 0 Å². The molecule has 2 rings (SSSR count). The lowest BCUT2D eigenvalue weighted by Crippen LogP contribution is -2.21. The van der Waals surface area contributed by atoms with Gasteiger partial charge in [0.25, 0.3) is 0 Å². The van der Waals surface area contributed by atoms with Crippen molar-refractivity contribution in [2.75, 3.05) is 17.1 Å². The van der Waals surface area contributed by atoms with E-state index in [1.165, 1.54) is 0 Å². The second-order valence-corrected chi connectivity index (χ2v) is 6.32. The largest absolute Gasteiger partial charge is 0.378 e. The first kappa shape index (κ1) is 13.8. The van der Waals surface area contributed by atoms with Crippen LogP contribution in [-0.4, -0.2) is 37.1 Å². The molecule has 0 bridgehead atoms. The number of aromatic amines is 1.